The standard InChI is InChI=1S/C22H19F3N2O/c1-14(16-6-4-7-17(13-16)22(23,24)25)27(18-9-10-18)21(28)20-19-8-3-2-5-15(19)11-12-26-20/h2-8,11-14,18H,9-10H2,1H3. The van der Waals surface area contributed by atoms with Crippen molar-refractivity contribution in [2.45, 2.75) is 38.0 Å². The molecule has 3 nitrogen and oxygen atoms in total. The first-order chi connectivity index (χ1) is 13.4. The maximum Gasteiger partial charge on any atom is 0.416 e. The van der Waals surface area contributed by atoms with Crippen molar-refractivity contribution in [2.75, 3.05) is 0 Å². The smallest absolute Gasteiger partial charge is 0.328 e. The number of fused-ring (bicyclic) bond motifs is 1. The van der Waals surface area contributed by atoms with Crippen LogP contribution < -0.4 is 0 Å². The summed E-state index contributed by atoms with van der Waals surface area (Å²) in [5, 5.41) is 1.65. The predicted molar refractivity (Wildman–Crippen MR) is 101 cm³/mol. The highest BCUT2D eigenvalue weighted by molar-refractivity contribution is 6.05. The molecule has 144 valence electrons. The van der Waals surface area contributed by atoms with Gasteiger partial charge < -0.3 is 4.90 Å². The molecule has 1 amide bonds. The fourth-order valence-electron chi connectivity index (χ4n) is 3.56. The lowest BCUT2D eigenvalue weighted by Gasteiger charge is -2.30. The second-order valence-electron chi connectivity index (χ2n) is 7.12. The van der Waals surface area contributed by atoms with Gasteiger partial charge in [-0.2, -0.15) is 13.2 Å². The van der Waals surface area contributed by atoms with Crippen molar-refractivity contribution in [2.24, 2.45) is 0 Å². The molecule has 3 aromatic rings. The van der Waals surface area contributed by atoms with Gasteiger partial charge in [0.25, 0.3) is 5.91 Å². The zero-order chi connectivity index (χ0) is 19.9. The van der Waals surface area contributed by atoms with Crippen molar-refractivity contribution in [1.29, 1.82) is 0 Å². The quantitative estimate of drug-likeness (QED) is 0.585. The summed E-state index contributed by atoms with van der Waals surface area (Å²) < 4.78 is 39.3. The first kappa shape index (κ1) is 18.5. The number of halogens is 3. The third kappa shape index (κ3) is 3.46. The van der Waals surface area contributed by atoms with Gasteiger partial charge in [0, 0.05) is 17.6 Å². The number of rotatable bonds is 4. The first-order valence-corrected chi connectivity index (χ1v) is 9.20. The molecule has 1 aromatic heterocycles. The molecule has 1 aliphatic carbocycles. The lowest BCUT2D eigenvalue weighted by Crippen LogP contribution is -2.36. The highest BCUT2D eigenvalue weighted by Gasteiger charge is 2.38. The Labute approximate surface area is 160 Å². The van der Waals surface area contributed by atoms with Gasteiger partial charge in [0.2, 0.25) is 0 Å². The Balaban J connectivity index is 1.72. The Bertz CT molecular complexity index is 1020. The number of benzene rings is 2. The van der Waals surface area contributed by atoms with Crippen LogP contribution in [-0.4, -0.2) is 21.8 Å². The van der Waals surface area contributed by atoms with Crippen LogP contribution in [0.25, 0.3) is 10.8 Å². The van der Waals surface area contributed by atoms with Crippen molar-refractivity contribution in [3.8, 4) is 0 Å². The monoisotopic (exact) mass is 384 g/mol. The SMILES string of the molecule is CC(c1cccc(C(F)(F)F)c1)N(C(=O)c1nccc2ccccc12)C1CC1. The number of carbonyl (C=O) groups is 1. The van der Waals surface area contributed by atoms with Gasteiger partial charge in [-0.1, -0.05) is 36.4 Å². The highest BCUT2D eigenvalue weighted by atomic mass is 19.4. The summed E-state index contributed by atoms with van der Waals surface area (Å²) in [6, 6.07) is 14.1. The summed E-state index contributed by atoms with van der Waals surface area (Å²) in [4.78, 5) is 19.4. The number of amides is 1. The van der Waals surface area contributed by atoms with Crippen LogP contribution in [0.15, 0.2) is 60.8 Å². The van der Waals surface area contributed by atoms with Crippen LogP contribution in [-0.2, 0) is 6.18 Å². The molecule has 1 aliphatic rings. The lowest BCUT2D eigenvalue weighted by molar-refractivity contribution is -0.137. The molecule has 1 fully saturated rings. The number of carbonyl (C=O) groups excluding carboxylic acids is 1. The van der Waals surface area contributed by atoms with Crippen molar-refractivity contribution < 1.29 is 18.0 Å². The van der Waals surface area contributed by atoms with Crippen LogP contribution in [0, 0.1) is 0 Å². The third-order valence-corrected chi connectivity index (χ3v) is 5.16. The number of alkyl halides is 3. The van der Waals surface area contributed by atoms with Gasteiger partial charge in [0.15, 0.2) is 0 Å². The Morgan fingerprint density at radius 1 is 1.11 bits per heavy atom. The molecule has 1 saturated carbocycles. The van der Waals surface area contributed by atoms with Crippen LogP contribution in [0.1, 0.15) is 47.4 Å². The molecule has 1 heterocycles. The maximum atomic E-state index is 13.4. The molecular formula is C22H19F3N2O. The molecule has 0 spiro atoms. The van der Waals surface area contributed by atoms with E-state index in [0.717, 1.165) is 35.7 Å². The molecular weight excluding hydrogens is 365 g/mol. The minimum Gasteiger partial charge on any atom is -0.328 e. The van der Waals surface area contributed by atoms with Crippen LogP contribution in [0.5, 0.6) is 0 Å². The summed E-state index contributed by atoms with van der Waals surface area (Å²) in [7, 11) is 0. The van der Waals surface area contributed by atoms with Crippen molar-refractivity contribution >= 4 is 16.7 Å². The van der Waals surface area contributed by atoms with Gasteiger partial charge in [-0.25, -0.2) is 0 Å². The molecule has 0 N–H and O–H groups in total. The summed E-state index contributed by atoms with van der Waals surface area (Å²) in [5.41, 5.74) is 0.0995. The molecule has 4 rings (SSSR count). The molecule has 2 aromatic carbocycles. The number of pyridine rings is 1. The Morgan fingerprint density at radius 2 is 1.86 bits per heavy atom. The zero-order valence-electron chi connectivity index (χ0n) is 15.3. The van der Waals surface area contributed by atoms with E-state index >= 15 is 0 Å². The van der Waals surface area contributed by atoms with Gasteiger partial charge in [-0.3, -0.25) is 9.78 Å². The van der Waals surface area contributed by atoms with Crippen LogP contribution in [0.4, 0.5) is 13.2 Å². The Hall–Kier alpha value is -2.89. The van der Waals surface area contributed by atoms with E-state index in [0.29, 0.717) is 11.3 Å². The van der Waals surface area contributed by atoms with Crippen molar-refractivity contribution in [3.63, 3.8) is 0 Å². The fraction of sp³-hybridized carbons (Fsp3) is 0.273. The van der Waals surface area contributed by atoms with E-state index in [2.05, 4.69) is 4.98 Å². The van der Waals surface area contributed by atoms with Crippen molar-refractivity contribution in [1.82, 2.24) is 9.88 Å². The first-order valence-electron chi connectivity index (χ1n) is 9.20. The van der Waals surface area contributed by atoms with Crippen molar-refractivity contribution in [3.05, 3.63) is 77.6 Å². The summed E-state index contributed by atoms with van der Waals surface area (Å²) in [6.07, 6.45) is -1.13. The minimum absolute atomic E-state index is 0.0258. The molecule has 0 aliphatic heterocycles. The van der Waals surface area contributed by atoms with E-state index in [9.17, 15) is 18.0 Å². The number of aromatic nitrogens is 1. The van der Waals surface area contributed by atoms with E-state index in [1.165, 1.54) is 6.07 Å². The molecule has 1 unspecified atom stereocenters. The van der Waals surface area contributed by atoms with E-state index < -0.39 is 17.8 Å². The fourth-order valence-corrected chi connectivity index (χ4v) is 3.56. The Kier molecular flexibility index (Phi) is 4.57. The summed E-state index contributed by atoms with van der Waals surface area (Å²) in [5.74, 6) is -0.246. The predicted octanol–water partition coefficient (Wildman–Crippen LogP) is 5.62. The molecule has 0 bridgehead atoms. The molecule has 28 heavy (non-hydrogen) atoms. The molecule has 1 atom stereocenters. The van der Waals surface area contributed by atoms with Gasteiger partial charge in [-0.05, 0) is 48.9 Å². The number of hydrogen-bond donors (Lipinski definition) is 0. The largest absolute Gasteiger partial charge is 0.416 e. The van der Waals surface area contributed by atoms with E-state index in [1.54, 1.807) is 24.1 Å². The zero-order valence-corrected chi connectivity index (χ0v) is 15.3. The Morgan fingerprint density at radius 3 is 2.57 bits per heavy atom. The molecule has 6 heteroatoms. The van der Waals surface area contributed by atoms with Crippen LogP contribution >= 0.6 is 0 Å². The average Bonchev–Trinajstić information content (AvgIpc) is 3.52. The van der Waals surface area contributed by atoms with E-state index in [4.69, 9.17) is 0 Å². The third-order valence-electron chi connectivity index (χ3n) is 5.16. The molecule has 0 radical (unpaired) electrons. The van der Waals surface area contributed by atoms with Gasteiger partial charge in [-0.15, -0.1) is 0 Å². The summed E-state index contributed by atoms with van der Waals surface area (Å²) in [6.45, 7) is 1.77. The van der Waals surface area contributed by atoms with Crippen LogP contribution in [0.2, 0.25) is 0 Å². The normalized spacial score (nSPS) is 15.4. The topological polar surface area (TPSA) is 33.2 Å². The van der Waals surface area contributed by atoms with Gasteiger partial charge in [0.05, 0.1) is 11.6 Å². The van der Waals surface area contributed by atoms with Crippen LogP contribution in [0.3, 0.4) is 0 Å². The second kappa shape index (κ2) is 6.93. The van der Waals surface area contributed by atoms with E-state index in [1.807, 2.05) is 30.3 Å². The van der Waals surface area contributed by atoms with E-state index in [-0.39, 0.29) is 11.9 Å². The number of nitrogens with zero attached hydrogens (tertiary/aromatic N) is 2. The average molecular weight is 384 g/mol. The summed E-state index contributed by atoms with van der Waals surface area (Å²) >= 11 is 0. The number of hydrogen-bond acceptors (Lipinski definition) is 2. The second-order valence-corrected chi connectivity index (χ2v) is 7.12. The highest BCUT2D eigenvalue weighted by Crippen LogP contribution is 2.38. The lowest BCUT2D eigenvalue weighted by atomic mass is 10.0. The molecule has 0 saturated heterocycles. The minimum atomic E-state index is -4.42. The maximum absolute atomic E-state index is 13.4. The van der Waals surface area contributed by atoms with Gasteiger partial charge in [0.1, 0.15) is 5.69 Å². The van der Waals surface area contributed by atoms with Gasteiger partial charge >= 0.3 is 6.18 Å².